The third-order valence-corrected chi connectivity index (χ3v) is 3.25. The lowest BCUT2D eigenvalue weighted by Gasteiger charge is -2.16. The predicted octanol–water partition coefficient (Wildman–Crippen LogP) is 3.16. The highest BCUT2D eigenvalue weighted by molar-refractivity contribution is 14.0. The number of nitrogens with one attached hydrogen (secondary N) is 2. The molecule has 0 spiro atoms. The molecule has 0 saturated carbocycles. The zero-order chi connectivity index (χ0) is 19.9. The Balaban J connectivity index is 0.00000676. The summed E-state index contributed by atoms with van der Waals surface area (Å²) < 4.78 is 52.3. The highest BCUT2D eigenvalue weighted by Gasteiger charge is 2.33. The highest BCUT2D eigenvalue weighted by Crippen LogP contribution is 2.32. The zero-order valence-electron chi connectivity index (χ0n) is 15.3. The summed E-state index contributed by atoms with van der Waals surface area (Å²) in [6.07, 6.45) is -4.69. The Morgan fingerprint density at radius 1 is 1.22 bits per heavy atom. The van der Waals surface area contributed by atoms with E-state index in [-0.39, 0.29) is 54.5 Å². The average Bonchev–Trinajstić information content (AvgIpc) is 2.53. The molecule has 0 atom stereocenters. The van der Waals surface area contributed by atoms with E-state index in [1.54, 1.807) is 21.0 Å². The van der Waals surface area contributed by atoms with Gasteiger partial charge in [0.05, 0.1) is 18.7 Å². The molecular formula is C17H23F4IN4O. The van der Waals surface area contributed by atoms with Crippen LogP contribution in [0, 0.1) is 5.82 Å². The average molecular weight is 502 g/mol. The molecular weight excluding hydrogens is 479 g/mol. The first-order valence-corrected chi connectivity index (χ1v) is 7.73. The molecule has 0 fully saturated rings. The van der Waals surface area contributed by atoms with Gasteiger partial charge in [0.15, 0.2) is 5.96 Å². The van der Waals surface area contributed by atoms with Crippen molar-refractivity contribution in [3.05, 3.63) is 47.3 Å². The number of alkyl halides is 3. The summed E-state index contributed by atoms with van der Waals surface area (Å²) in [6.45, 7) is 5.39. The minimum atomic E-state index is -4.69. The lowest BCUT2D eigenvalue weighted by Crippen LogP contribution is -2.43. The van der Waals surface area contributed by atoms with Crippen molar-refractivity contribution in [1.82, 2.24) is 15.5 Å². The highest BCUT2D eigenvalue weighted by atomic mass is 127. The Morgan fingerprint density at radius 2 is 1.81 bits per heavy atom. The van der Waals surface area contributed by atoms with Gasteiger partial charge in [-0.15, -0.1) is 24.0 Å². The molecule has 0 aliphatic carbocycles. The van der Waals surface area contributed by atoms with E-state index in [0.29, 0.717) is 12.6 Å². The molecule has 0 saturated heterocycles. The monoisotopic (exact) mass is 502 g/mol. The van der Waals surface area contributed by atoms with E-state index < -0.39 is 17.6 Å². The van der Waals surface area contributed by atoms with Gasteiger partial charge in [0.25, 0.3) is 0 Å². The molecule has 1 aromatic rings. The van der Waals surface area contributed by atoms with Gasteiger partial charge in [-0.3, -0.25) is 4.79 Å². The van der Waals surface area contributed by atoms with Crippen molar-refractivity contribution >= 4 is 35.8 Å². The fraction of sp³-hybridized carbons (Fsp3) is 0.412. The molecule has 1 amide bonds. The Labute approximate surface area is 172 Å². The number of hydrogen-bond acceptors (Lipinski definition) is 2. The van der Waals surface area contributed by atoms with Crippen molar-refractivity contribution in [3.8, 4) is 0 Å². The Morgan fingerprint density at radius 3 is 2.33 bits per heavy atom. The second-order valence-corrected chi connectivity index (χ2v) is 5.92. The minimum absolute atomic E-state index is 0. The molecule has 0 aliphatic heterocycles. The lowest BCUT2D eigenvalue weighted by molar-refractivity contribution is -0.138. The van der Waals surface area contributed by atoms with E-state index in [0.717, 1.165) is 17.7 Å². The maximum absolute atomic E-state index is 13.2. The van der Waals surface area contributed by atoms with E-state index in [4.69, 9.17) is 0 Å². The molecule has 0 aliphatic rings. The number of carbonyl (C=O) groups excluding carboxylic acids is 1. The first-order valence-electron chi connectivity index (χ1n) is 7.73. The van der Waals surface area contributed by atoms with Gasteiger partial charge in [-0.2, -0.15) is 13.2 Å². The summed E-state index contributed by atoms with van der Waals surface area (Å²) in [7, 11) is 3.16. The van der Waals surface area contributed by atoms with Crippen LogP contribution < -0.4 is 10.6 Å². The third kappa shape index (κ3) is 9.07. The van der Waals surface area contributed by atoms with Crippen LogP contribution in [0.4, 0.5) is 17.6 Å². The molecule has 0 aromatic heterocycles. The maximum Gasteiger partial charge on any atom is 0.416 e. The van der Waals surface area contributed by atoms with Crippen LogP contribution >= 0.6 is 24.0 Å². The van der Waals surface area contributed by atoms with E-state index in [1.165, 1.54) is 4.90 Å². The molecule has 0 radical (unpaired) electrons. The summed E-state index contributed by atoms with van der Waals surface area (Å²) in [4.78, 5) is 17.1. The minimum Gasteiger partial charge on any atom is -0.353 e. The van der Waals surface area contributed by atoms with Crippen molar-refractivity contribution in [2.75, 3.05) is 27.2 Å². The normalized spacial score (nSPS) is 11.4. The van der Waals surface area contributed by atoms with Crippen molar-refractivity contribution in [3.63, 3.8) is 0 Å². The number of rotatable bonds is 6. The quantitative estimate of drug-likeness (QED) is 0.207. The smallest absolute Gasteiger partial charge is 0.353 e. The van der Waals surface area contributed by atoms with Crippen LogP contribution in [0.15, 0.2) is 35.3 Å². The number of likely N-dealkylation sites (N-methyl/N-ethyl adjacent to an activating group) is 1. The Bertz CT molecular complexity index is 690. The van der Waals surface area contributed by atoms with Crippen molar-refractivity contribution in [2.45, 2.75) is 19.6 Å². The Kier molecular flexibility index (Phi) is 10.3. The molecule has 1 aromatic carbocycles. The van der Waals surface area contributed by atoms with Crippen LogP contribution in [0.2, 0.25) is 0 Å². The SMILES string of the molecule is C=C(C)CNC(=NCc1ccc(F)cc1C(F)(F)F)NCC(=O)N(C)C.I. The summed E-state index contributed by atoms with van der Waals surface area (Å²) in [6, 6.07) is 2.43. The molecule has 0 unspecified atom stereocenters. The first-order chi connectivity index (χ1) is 12.0. The van der Waals surface area contributed by atoms with Crippen LogP contribution in [-0.2, 0) is 17.5 Å². The largest absolute Gasteiger partial charge is 0.416 e. The van der Waals surface area contributed by atoms with Gasteiger partial charge < -0.3 is 15.5 Å². The second kappa shape index (κ2) is 11.1. The second-order valence-electron chi connectivity index (χ2n) is 5.92. The van der Waals surface area contributed by atoms with Gasteiger partial charge in [0.2, 0.25) is 5.91 Å². The van der Waals surface area contributed by atoms with Crippen molar-refractivity contribution in [2.24, 2.45) is 4.99 Å². The summed E-state index contributed by atoms with van der Waals surface area (Å²) in [5.74, 6) is -1.05. The number of amides is 1. The number of aliphatic imine (C=N–C) groups is 1. The first kappa shape index (κ1) is 25.1. The van der Waals surface area contributed by atoms with Crippen molar-refractivity contribution < 1.29 is 22.4 Å². The van der Waals surface area contributed by atoms with E-state index in [2.05, 4.69) is 22.2 Å². The predicted molar refractivity (Wildman–Crippen MR) is 107 cm³/mol. The molecule has 0 bridgehead atoms. The Hall–Kier alpha value is -1.85. The topological polar surface area (TPSA) is 56.7 Å². The molecule has 0 heterocycles. The van der Waals surface area contributed by atoms with Gasteiger partial charge in [0, 0.05) is 20.6 Å². The van der Waals surface area contributed by atoms with E-state index in [1.807, 2.05) is 0 Å². The fourth-order valence-electron chi connectivity index (χ4n) is 1.84. The van der Waals surface area contributed by atoms with Crippen LogP contribution in [0.1, 0.15) is 18.1 Å². The number of guanidine groups is 1. The number of benzene rings is 1. The van der Waals surface area contributed by atoms with Gasteiger partial charge in [0.1, 0.15) is 5.82 Å². The summed E-state index contributed by atoms with van der Waals surface area (Å²) >= 11 is 0. The molecule has 27 heavy (non-hydrogen) atoms. The van der Waals surface area contributed by atoms with Crippen LogP contribution in [-0.4, -0.2) is 44.0 Å². The number of carbonyl (C=O) groups is 1. The number of hydrogen-bond donors (Lipinski definition) is 2. The molecule has 1 rings (SSSR count). The molecule has 2 N–H and O–H groups in total. The van der Waals surface area contributed by atoms with Crippen LogP contribution in [0.3, 0.4) is 0 Å². The molecule has 152 valence electrons. The van der Waals surface area contributed by atoms with Gasteiger partial charge >= 0.3 is 6.18 Å². The molecule has 10 heteroatoms. The molecule has 5 nitrogen and oxygen atoms in total. The van der Waals surface area contributed by atoms with Crippen LogP contribution in [0.25, 0.3) is 0 Å². The fourth-order valence-corrected chi connectivity index (χ4v) is 1.84. The zero-order valence-corrected chi connectivity index (χ0v) is 17.6. The van der Waals surface area contributed by atoms with E-state index >= 15 is 0 Å². The third-order valence-electron chi connectivity index (χ3n) is 3.25. The number of halogens is 5. The van der Waals surface area contributed by atoms with Gasteiger partial charge in [-0.25, -0.2) is 9.38 Å². The number of nitrogens with zero attached hydrogens (tertiary/aromatic N) is 2. The van der Waals surface area contributed by atoms with Gasteiger partial charge in [-0.1, -0.05) is 18.2 Å². The van der Waals surface area contributed by atoms with Crippen LogP contribution in [0.5, 0.6) is 0 Å². The lowest BCUT2D eigenvalue weighted by atomic mass is 10.1. The summed E-state index contributed by atoms with van der Waals surface area (Å²) in [5.41, 5.74) is -0.477. The maximum atomic E-state index is 13.2. The van der Waals surface area contributed by atoms with E-state index in [9.17, 15) is 22.4 Å². The summed E-state index contributed by atoms with van der Waals surface area (Å²) in [5, 5.41) is 5.61. The van der Waals surface area contributed by atoms with Gasteiger partial charge in [-0.05, 0) is 24.6 Å². The van der Waals surface area contributed by atoms with Crippen molar-refractivity contribution in [1.29, 1.82) is 0 Å². The standard InChI is InChI=1S/C17H22F4N4O.HI/c1-11(2)8-22-16(24-10-15(26)25(3)4)23-9-12-5-6-13(18)7-14(12)17(19,20)21;/h5-7H,1,8-10H2,2-4H3,(H2,22,23,24);1H.